The second-order valence-corrected chi connectivity index (χ2v) is 6.70. The Morgan fingerprint density at radius 3 is 2.65 bits per heavy atom. The third-order valence-electron chi connectivity index (χ3n) is 5.28. The van der Waals surface area contributed by atoms with Crippen molar-refractivity contribution in [2.75, 3.05) is 7.11 Å². The van der Waals surface area contributed by atoms with Crippen molar-refractivity contribution in [2.24, 2.45) is 0 Å². The number of aromatic nitrogens is 2. The predicted octanol–water partition coefficient (Wildman–Crippen LogP) is 3.53. The van der Waals surface area contributed by atoms with Gasteiger partial charge in [0.05, 0.1) is 19.0 Å². The average Bonchev–Trinajstić information content (AvgIpc) is 3.22. The molecule has 2 aromatic carbocycles. The molecule has 4 rings (SSSR count). The van der Waals surface area contributed by atoms with Crippen LogP contribution in [0.5, 0.6) is 0 Å². The van der Waals surface area contributed by atoms with Crippen molar-refractivity contribution in [1.82, 2.24) is 9.78 Å². The fourth-order valence-corrected chi connectivity index (χ4v) is 3.97. The van der Waals surface area contributed by atoms with Crippen LogP contribution in [0.25, 0.3) is 5.69 Å². The van der Waals surface area contributed by atoms with Crippen LogP contribution in [0.3, 0.4) is 0 Å². The van der Waals surface area contributed by atoms with Gasteiger partial charge in [0.15, 0.2) is 0 Å². The van der Waals surface area contributed by atoms with E-state index < -0.39 is 5.41 Å². The molecule has 26 heavy (non-hydrogen) atoms. The molecule has 0 aliphatic heterocycles. The number of halogens is 1. The van der Waals surface area contributed by atoms with E-state index in [4.69, 9.17) is 4.74 Å². The Morgan fingerprint density at radius 2 is 1.92 bits per heavy atom. The molecule has 1 heterocycles. The second-order valence-electron chi connectivity index (χ2n) is 6.70. The van der Waals surface area contributed by atoms with Crippen LogP contribution < -0.4 is 0 Å². The summed E-state index contributed by atoms with van der Waals surface area (Å²) < 4.78 is 21.2. The SMILES string of the molecule is COC(=O)[C@@]1(c2cccc(F)c2C)Cc2cnn(-c3ccccc3)c2C1. The maximum atomic E-state index is 14.2. The van der Waals surface area contributed by atoms with Gasteiger partial charge in [-0.15, -0.1) is 0 Å². The molecule has 0 amide bonds. The van der Waals surface area contributed by atoms with E-state index in [0.717, 1.165) is 16.9 Å². The Hall–Kier alpha value is -2.95. The molecular formula is C21H19FN2O2. The number of carbonyl (C=O) groups is 1. The molecule has 0 saturated heterocycles. The summed E-state index contributed by atoms with van der Waals surface area (Å²) in [7, 11) is 1.38. The molecule has 1 aliphatic rings. The van der Waals surface area contributed by atoms with E-state index in [-0.39, 0.29) is 11.8 Å². The Labute approximate surface area is 151 Å². The van der Waals surface area contributed by atoms with Gasteiger partial charge in [0.25, 0.3) is 0 Å². The van der Waals surface area contributed by atoms with Crippen LogP contribution in [0.15, 0.2) is 54.7 Å². The highest BCUT2D eigenvalue weighted by atomic mass is 19.1. The van der Waals surface area contributed by atoms with E-state index in [0.29, 0.717) is 24.0 Å². The van der Waals surface area contributed by atoms with Crippen LogP contribution in [0.1, 0.15) is 22.4 Å². The molecule has 0 unspecified atom stereocenters. The lowest BCUT2D eigenvalue weighted by Gasteiger charge is -2.28. The number of ether oxygens (including phenoxy) is 1. The fourth-order valence-electron chi connectivity index (χ4n) is 3.97. The molecule has 3 aromatic rings. The quantitative estimate of drug-likeness (QED) is 0.679. The first kappa shape index (κ1) is 16.5. The van der Waals surface area contributed by atoms with Crippen molar-refractivity contribution >= 4 is 5.97 Å². The van der Waals surface area contributed by atoms with E-state index in [1.807, 2.05) is 41.1 Å². The van der Waals surface area contributed by atoms with Gasteiger partial charge in [0, 0.05) is 12.1 Å². The largest absolute Gasteiger partial charge is 0.468 e. The Balaban J connectivity index is 1.85. The molecule has 0 spiro atoms. The molecule has 1 aromatic heterocycles. The third-order valence-corrected chi connectivity index (χ3v) is 5.28. The molecule has 0 saturated carbocycles. The van der Waals surface area contributed by atoms with Crippen molar-refractivity contribution in [3.05, 3.63) is 82.9 Å². The molecule has 0 radical (unpaired) electrons. The highest BCUT2D eigenvalue weighted by Crippen LogP contribution is 2.43. The number of para-hydroxylation sites is 1. The summed E-state index contributed by atoms with van der Waals surface area (Å²) in [5.74, 6) is -0.659. The minimum absolute atomic E-state index is 0.313. The van der Waals surface area contributed by atoms with Gasteiger partial charge in [0.2, 0.25) is 0 Å². The average molecular weight is 350 g/mol. The minimum atomic E-state index is -0.926. The van der Waals surface area contributed by atoms with E-state index in [1.54, 1.807) is 19.2 Å². The van der Waals surface area contributed by atoms with Gasteiger partial charge < -0.3 is 4.74 Å². The van der Waals surface area contributed by atoms with Gasteiger partial charge in [-0.05, 0) is 48.2 Å². The van der Waals surface area contributed by atoms with E-state index in [2.05, 4.69) is 5.10 Å². The highest BCUT2D eigenvalue weighted by Gasteiger charge is 2.49. The first-order valence-corrected chi connectivity index (χ1v) is 8.52. The summed E-state index contributed by atoms with van der Waals surface area (Å²) in [5, 5.41) is 4.48. The lowest BCUT2D eigenvalue weighted by Crippen LogP contribution is -2.39. The molecule has 0 fully saturated rings. The lowest BCUT2D eigenvalue weighted by molar-refractivity contribution is -0.147. The van der Waals surface area contributed by atoms with Crippen LogP contribution in [0.2, 0.25) is 0 Å². The van der Waals surface area contributed by atoms with Crippen molar-refractivity contribution in [3.8, 4) is 5.69 Å². The van der Waals surface area contributed by atoms with E-state index in [1.165, 1.54) is 13.2 Å². The zero-order chi connectivity index (χ0) is 18.3. The number of benzene rings is 2. The van der Waals surface area contributed by atoms with Crippen molar-refractivity contribution < 1.29 is 13.9 Å². The maximum Gasteiger partial charge on any atom is 0.317 e. The standard InChI is InChI=1S/C21H19FN2O2/c1-14-17(9-6-10-18(14)22)21(20(25)26-2)11-15-13-23-24(19(15)12-21)16-7-4-3-5-8-16/h3-10,13H,11-12H2,1-2H3/t21-/m0/s1. The molecule has 5 heteroatoms. The first-order chi connectivity index (χ1) is 12.6. The summed E-state index contributed by atoms with van der Waals surface area (Å²) in [5.41, 5.74) is 3.13. The molecule has 1 aliphatic carbocycles. The predicted molar refractivity (Wildman–Crippen MR) is 95.8 cm³/mol. The van der Waals surface area contributed by atoms with Crippen LogP contribution in [0, 0.1) is 12.7 Å². The van der Waals surface area contributed by atoms with E-state index >= 15 is 0 Å². The smallest absolute Gasteiger partial charge is 0.317 e. The van der Waals surface area contributed by atoms with Gasteiger partial charge in [-0.25, -0.2) is 9.07 Å². The van der Waals surface area contributed by atoms with Crippen molar-refractivity contribution in [2.45, 2.75) is 25.2 Å². The maximum absolute atomic E-state index is 14.2. The Kier molecular flexibility index (Phi) is 3.87. The summed E-state index contributed by atoms with van der Waals surface area (Å²) >= 11 is 0. The van der Waals surface area contributed by atoms with Gasteiger partial charge in [0.1, 0.15) is 11.2 Å². The normalized spacial score (nSPS) is 18.6. The topological polar surface area (TPSA) is 44.1 Å². The monoisotopic (exact) mass is 350 g/mol. The molecule has 0 bridgehead atoms. The van der Waals surface area contributed by atoms with Gasteiger partial charge in [-0.2, -0.15) is 5.10 Å². The van der Waals surface area contributed by atoms with Crippen LogP contribution in [0.4, 0.5) is 4.39 Å². The first-order valence-electron chi connectivity index (χ1n) is 8.52. The molecule has 1 atom stereocenters. The number of esters is 1. The number of rotatable bonds is 3. The summed E-state index contributed by atoms with van der Waals surface area (Å²) in [6.07, 6.45) is 2.67. The van der Waals surface area contributed by atoms with Crippen molar-refractivity contribution in [3.63, 3.8) is 0 Å². The van der Waals surface area contributed by atoms with Gasteiger partial charge in [-0.1, -0.05) is 30.3 Å². The van der Waals surface area contributed by atoms with Crippen LogP contribution in [-0.2, 0) is 27.8 Å². The highest BCUT2D eigenvalue weighted by molar-refractivity contribution is 5.86. The summed E-state index contributed by atoms with van der Waals surface area (Å²) in [6.45, 7) is 1.71. The number of hydrogen-bond donors (Lipinski definition) is 0. The Morgan fingerprint density at radius 1 is 1.15 bits per heavy atom. The summed E-state index contributed by atoms with van der Waals surface area (Å²) in [4.78, 5) is 12.8. The van der Waals surface area contributed by atoms with E-state index in [9.17, 15) is 9.18 Å². The number of nitrogens with zero attached hydrogens (tertiary/aromatic N) is 2. The van der Waals surface area contributed by atoms with Crippen molar-refractivity contribution in [1.29, 1.82) is 0 Å². The minimum Gasteiger partial charge on any atom is -0.468 e. The number of hydrogen-bond acceptors (Lipinski definition) is 3. The van der Waals surface area contributed by atoms with Crippen LogP contribution in [-0.4, -0.2) is 22.9 Å². The zero-order valence-electron chi connectivity index (χ0n) is 14.7. The molecule has 132 valence electrons. The number of methoxy groups -OCH3 is 1. The summed E-state index contributed by atoms with van der Waals surface area (Å²) in [6, 6.07) is 14.7. The number of carbonyl (C=O) groups excluding carboxylic acids is 1. The fraction of sp³-hybridized carbons (Fsp3) is 0.238. The molecule has 4 nitrogen and oxygen atoms in total. The zero-order valence-corrected chi connectivity index (χ0v) is 14.7. The lowest BCUT2D eigenvalue weighted by atomic mass is 9.76. The number of fused-ring (bicyclic) bond motifs is 1. The van der Waals surface area contributed by atoms with Gasteiger partial charge in [-0.3, -0.25) is 4.79 Å². The van der Waals surface area contributed by atoms with Gasteiger partial charge >= 0.3 is 5.97 Å². The van der Waals surface area contributed by atoms with Crippen LogP contribution >= 0.6 is 0 Å². The second kappa shape index (κ2) is 6.09. The molecule has 0 N–H and O–H groups in total. The molecular weight excluding hydrogens is 331 g/mol. The third kappa shape index (κ3) is 2.35. The Bertz CT molecular complexity index is 981.